The van der Waals surface area contributed by atoms with Crippen molar-refractivity contribution in [3.8, 4) is 6.07 Å². The highest BCUT2D eigenvalue weighted by Crippen LogP contribution is 2.28. The third-order valence-corrected chi connectivity index (χ3v) is 3.39. The normalized spacial score (nSPS) is 23.4. The third kappa shape index (κ3) is 2.37. The Bertz CT molecular complexity index is 470. The fourth-order valence-corrected chi connectivity index (χ4v) is 2.02. The minimum atomic E-state index is -0.510. The lowest BCUT2D eigenvalue weighted by Crippen LogP contribution is -2.32. The van der Waals surface area contributed by atoms with Crippen LogP contribution in [0.2, 0.25) is 5.02 Å². The summed E-state index contributed by atoms with van der Waals surface area (Å²) in [7, 11) is 0. The molecular weight excluding hydrogens is 240 g/mol. The van der Waals surface area contributed by atoms with Crippen LogP contribution in [-0.4, -0.2) is 30.5 Å². The molecule has 2 atom stereocenters. The molecule has 90 valence electrons. The molecule has 17 heavy (non-hydrogen) atoms. The van der Waals surface area contributed by atoms with Crippen LogP contribution in [0, 0.1) is 18.3 Å². The molecule has 2 N–H and O–H groups in total. The van der Waals surface area contributed by atoms with Gasteiger partial charge in [0.1, 0.15) is 6.07 Å². The number of rotatable bonds is 2. The molecule has 1 aliphatic rings. The zero-order valence-electron chi connectivity index (χ0n) is 9.40. The van der Waals surface area contributed by atoms with E-state index >= 15 is 0 Å². The smallest absolute Gasteiger partial charge is 0.101 e. The summed E-state index contributed by atoms with van der Waals surface area (Å²) >= 11 is 6.06. The average molecular weight is 253 g/mol. The van der Waals surface area contributed by atoms with Gasteiger partial charge in [-0.2, -0.15) is 5.26 Å². The molecule has 0 unspecified atom stereocenters. The van der Waals surface area contributed by atoms with E-state index in [0.29, 0.717) is 23.8 Å². The van der Waals surface area contributed by atoms with Gasteiger partial charge in [-0.05, 0) is 24.6 Å². The first-order valence-corrected chi connectivity index (χ1v) is 5.73. The summed E-state index contributed by atoms with van der Waals surface area (Å²) in [5, 5.41) is 22.1. The number of aliphatic hydroxyl groups excluding tert-OH is 1. The van der Waals surface area contributed by atoms with Crippen molar-refractivity contribution in [3.63, 3.8) is 0 Å². The first kappa shape index (κ1) is 12.2. The van der Waals surface area contributed by atoms with Crippen LogP contribution in [0.3, 0.4) is 0 Å². The van der Waals surface area contributed by atoms with Gasteiger partial charge in [0.25, 0.3) is 0 Å². The van der Waals surface area contributed by atoms with Gasteiger partial charge in [0.05, 0.1) is 35.9 Å². The summed E-state index contributed by atoms with van der Waals surface area (Å²) in [5.74, 6) is 0. The van der Waals surface area contributed by atoms with Gasteiger partial charge in [0.15, 0.2) is 0 Å². The van der Waals surface area contributed by atoms with Gasteiger partial charge in [-0.25, -0.2) is 0 Å². The second kappa shape index (κ2) is 4.92. The topological polar surface area (TPSA) is 65.3 Å². The third-order valence-electron chi connectivity index (χ3n) is 2.90. The van der Waals surface area contributed by atoms with E-state index in [1.54, 1.807) is 12.1 Å². The molecule has 1 heterocycles. The van der Waals surface area contributed by atoms with Crippen LogP contribution in [-0.2, 0) is 4.74 Å². The highest BCUT2D eigenvalue weighted by Gasteiger charge is 2.26. The second-order valence-corrected chi connectivity index (χ2v) is 4.45. The molecule has 4 nitrogen and oxygen atoms in total. The van der Waals surface area contributed by atoms with E-state index in [4.69, 9.17) is 21.6 Å². The minimum absolute atomic E-state index is 0.127. The molecule has 0 saturated carbocycles. The van der Waals surface area contributed by atoms with Gasteiger partial charge < -0.3 is 15.2 Å². The van der Waals surface area contributed by atoms with Crippen molar-refractivity contribution >= 4 is 17.3 Å². The van der Waals surface area contributed by atoms with Gasteiger partial charge in [-0.1, -0.05) is 11.6 Å². The number of hydrogen-bond donors (Lipinski definition) is 2. The number of halogens is 1. The Morgan fingerprint density at radius 3 is 2.88 bits per heavy atom. The van der Waals surface area contributed by atoms with E-state index in [0.717, 1.165) is 11.3 Å². The maximum absolute atomic E-state index is 9.64. The predicted octanol–water partition coefficient (Wildman–Crippen LogP) is 1.69. The number of aliphatic hydroxyl groups is 1. The second-order valence-electron chi connectivity index (χ2n) is 4.07. The lowest BCUT2D eigenvalue weighted by atomic mass is 10.1. The number of ether oxygens (including phenoxy) is 1. The number of benzene rings is 1. The molecule has 2 rings (SSSR count). The SMILES string of the molecule is Cc1c(N[C@@H]2COC[C@@H]2O)ccc(C#N)c1Cl. The Hall–Kier alpha value is -1.28. The summed E-state index contributed by atoms with van der Waals surface area (Å²) < 4.78 is 5.16. The predicted molar refractivity (Wildman–Crippen MR) is 65.1 cm³/mol. The van der Waals surface area contributed by atoms with Gasteiger partial charge in [-0.3, -0.25) is 0 Å². The number of nitrogens with one attached hydrogen (secondary N) is 1. The summed E-state index contributed by atoms with van der Waals surface area (Å²) in [6.07, 6.45) is -0.510. The van der Waals surface area contributed by atoms with Gasteiger partial charge in [0, 0.05) is 5.69 Å². The van der Waals surface area contributed by atoms with Crippen molar-refractivity contribution in [2.45, 2.75) is 19.1 Å². The van der Waals surface area contributed by atoms with E-state index in [1.165, 1.54) is 0 Å². The molecule has 0 spiro atoms. The maximum atomic E-state index is 9.64. The van der Waals surface area contributed by atoms with Crippen molar-refractivity contribution in [1.29, 1.82) is 5.26 Å². The molecule has 1 aromatic rings. The zero-order valence-corrected chi connectivity index (χ0v) is 10.2. The lowest BCUT2D eigenvalue weighted by Gasteiger charge is -2.18. The van der Waals surface area contributed by atoms with Crippen LogP contribution >= 0.6 is 11.6 Å². The van der Waals surface area contributed by atoms with E-state index in [2.05, 4.69) is 5.32 Å². The average Bonchev–Trinajstić information content (AvgIpc) is 2.71. The van der Waals surface area contributed by atoms with E-state index in [1.807, 2.05) is 13.0 Å². The van der Waals surface area contributed by atoms with E-state index < -0.39 is 6.10 Å². The van der Waals surface area contributed by atoms with Crippen molar-refractivity contribution < 1.29 is 9.84 Å². The summed E-state index contributed by atoms with van der Waals surface area (Å²) in [6.45, 7) is 2.66. The van der Waals surface area contributed by atoms with Crippen molar-refractivity contribution in [1.82, 2.24) is 0 Å². The molecule has 0 aromatic heterocycles. The van der Waals surface area contributed by atoms with Crippen LogP contribution < -0.4 is 5.32 Å². The molecule has 0 bridgehead atoms. The Balaban J connectivity index is 2.22. The number of anilines is 1. The van der Waals surface area contributed by atoms with Crippen molar-refractivity contribution in [2.24, 2.45) is 0 Å². The summed E-state index contributed by atoms with van der Waals surface area (Å²) in [5.41, 5.74) is 2.09. The molecule has 1 saturated heterocycles. The highest BCUT2D eigenvalue weighted by atomic mass is 35.5. The molecule has 1 aromatic carbocycles. The monoisotopic (exact) mass is 252 g/mol. The Labute approximate surface area is 105 Å². The van der Waals surface area contributed by atoms with Crippen molar-refractivity contribution in [3.05, 3.63) is 28.3 Å². The Morgan fingerprint density at radius 2 is 2.29 bits per heavy atom. The first-order chi connectivity index (χ1) is 8.13. The summed E-state index contributed by atoms with van der Waals surface area (Å²) in [6, 6.07) is 5.37. The fourth-order valence-electron chi connectivity index (χ4n) is 1.81. The fraction of sp³-hybridized carbons (Fsp3) is 0.417. The molecule has 5 heteroatoms. The van der Waals surface area contributed by atoms with Gasteiger partial charge >= 0.3 is 0 Å². The standard InChI is InChI=1S/C12H13ClN2O2/c1-7-9(3-2-8(4-14)12(7)13)15-10-5-17-6-11(10)16/h2-3,10-11,15-16H,5-6H2,1H3/t10-,11+/m1/s1. The molecular formula is C12H13ClN2O2. The molecule has 1 aliphatic heterocycles. The largest absolute Gasteiger partial charge is 0.388 e. The Kier molecular flexibility index (Phi) is 3.53. The van der Waals surface area contributed by atoms with E-state index in [9.17, 15) is 5.11 Å². The van der Waals surface area contributed by atoms with E-state index in [-0.39, 0.29) is 6.04 Å². The molecule has 1 fully saturated rings. The molecule has 0 radical (unpaired) electrons. The van der Waals surface area contributed by atoms with Crippen LogP contribution in [0.4, 0.5) is 5.69 Å². The maximum Gasteiger partial charge on any atom is 0.101 e. The van der Waals surface area contributed by atoms with Crippen LogP contribution in [0.1, 0.15) is 11.1 Å². The number of hydrogen-bond acceptors (Lipinski definition) is 4. The highest BCUT2D eigenvalue weighted by molar-refractivity contribution is 6.32. The van der Waals surface area contributed by atoms with Crippen LogP contribution in [0.5, 0.6) is 0 Å². The minimum Gasteiger partial charge on any atom is -0.388 e. The number of nitrogens with zero attached hydrogens (tertiary/aromatic N) is 1. The zero-order chi connectivity index (χ0) is 12.4. The van der Waals surface area contributed by atoms with Crippen LogP contribution in [0.15, 0.2) is 12.1 Å². The molecule has 0 aliphatic carbocycles. The first-order valence-electron chi connectivity index (χ1n) is 5.35. The van der Waals surface area contributed by atoms with Gasteiger partial charge in [0.2, 0.25) is 0 Å². The summed E-state index contributed by atoms with van der Waals surface area (Å²) in [4.78, 5) is 0. The van der Waals surface area contributed by atoms with Gasteiger partial charge in [-0.15, -0.1) is 0 Å². The lowest BCUT2D eigenvalue weighted by molar-refractivity contribution is 0.125. The quantitative estimate of drug-likeness (QED) is 0.841. The van der Waals surface area contributed by atoms with Crippen molar-refractivity contribution in [2.75, 3.05) is 18.5 Å². The van der Waals surface area contributed by atoms with Crippen LogP contribution in [0.25, 0.3) is 0 Å². The number of nitriles is 1. The molecule has 0 amide bonds. The Morgan fingerprint density at radius 1 is 1.53 bits per heavy atom.